The van der Waals surface area contributed by atoms with Crippen molar-refractivity contribution in [1.29, 1.82) is 0 Å². The number of nitrogens with zero attached hydrogens (tertiary/aromatic N) is 4. The summed E-state index contributed by atoms with van der Waals surface area (Å²) >= 11 is 0. The van der Waals surface area contributed by atoms with Crippen molar-refractivity contribution in [3.63, 3.8) is 0 Å². The number of ether oxygens (including phenoxy) is 1. The van der Waals surface area contributed by atoms with Gasteiger partial charge in [0.25, 0.3) is 0 Å². The summed E-state index contributed by atoms with van der Waals surface area (Å²) in [4.78, 5) is 14.9. The van der Waals surface area contributed by atoms with Crippen LogP contribution in [0, 0.1) is 26.7 Å². The molecule has 2 aliphatic heterocycles. The van der Waals surface area contributed by atoms with Crippen LogP contribution in [0.2, 0.25) is 0 Å². The van der Waals surface area contributed by atoms with Gasteiger partial charge in [-0.05, 0) is 45.7 Å². The number of aromatic nitrogens is 2. The zero-order chi connectivity index (χ0) is 22.2. The normalized spacial score (nSPS) is 19.0. The first-order valence-corrected chi connectivity index (χ1v) is 12.2. The Morgan fingerprint density at radius 1 is 1.00 bits per heavy atom. The van der Waals surface area contributed by atoms with Gasteiger partial charge in [0.2, 0.25) is 15.9 Å². The van der Waals surface area contributed by atoms with Crippen molar-refractivity contribution in [1.82, 2.24) is 19.0 Å². The highest BCUT2D eigenvalue weighted by Crippen LogP contribution is 2.29. The molecule has 3 heterocycles. The number of morpholine rings is 1. The SMILES string of the molecule is Cc1ccc(-n2nc(C)c(S(=O)(=O)N3CCC(C(=O)N4CCOCC4)CC3)c2C)cc1. The van der Waals surface area contributed by atoms with Crippen molar-refractivity contribution >= 4 is 15.9 Å². The van der Waals surface area contributed by atoms with Crippen LogP contribution in [-0.2, 0) is 19.6 Å². The van der Waals surface area contributed by atoms with Crippen molar-refractivity contribution in [3.05, 3.63) is 41.2 Å². The number of carbonyl (C=O) groups is 1. The molecule has 168 valence electrons. The van der Waals surface area contributed by atoms with Gasteiger partial charge in [-0.25, -0.2) is 13.1 Å². The molecule has 1 aromatic heterocycles. The molecule has 0 aliphatic carbocycles. The Kier molecular flexibility index (Phi) is 6.18. The van der Waals surface area contributed by atoms with Gasteiger partial charge in [-0.2, -0.15) is 9.40 Å². The van der Waals surface area contributed by atoms with Gasteiger partial charge in [-0.3, -0.25) is 4.79 Å². The van der Waals surface area contributed by atoms with Gasteiger partial charge in [-0.15, -0.1) is 0 Å². The predicted molar refractivity (Wildman–Crippen MR) is 117 cm³/mol. The monoisotopic (exact) mass is 446 g/mol. The summed E-state index contributed by atoms with van der Waals surface area (Å²) in [5.74, 6) is 0.00178. The highest BCUT2D eigenvalue weighted by Gasteiger charge is 2.36. The van der Waals surface area contributed by atoms with E-state index in [0.29, 0.717) is 63.6 Å². The zero-order valence-corrected chi connectivity index (χ0v) is 19.2. The third-order valence-electron chi connectivity index (χ3n) is 6.23. The number of amides is 1. The van der Waals surface area contributed by atoms with Gasteiger partial charge < -0.3 is 9.64 Å². The molecule has 2 fully saturated rings. The summed E-state index contributed by atoms with van der Waals surface area (Å²) in [7, 11) is -3.69. The van der Waals surface area contributed by atoms with E-state index in [1.165, 1.54) is 4.31 Å². The molecule has 0 atom stereocenters. The number of sulfonamides is 1. The minimum absolute atomic E-state index is 0.123. The smallest absolute Gasteiger partial charge is 0.246 e. The number of piperidine rings is 1. The van der Waals surface area contributed by atoms with Crippen molar-refractivity contribution in [2.45, 2.75) is 38.5 Å². The van der Waals surface area contributed by atoms with Crippen LogP contribution in [0.5, 0.6) is 0 Å². The molecule has 0 saturated carbocycles. The molecule has 8 nitrogen and oxygen atoms in total. The van der Waals surface area contributed by atoms with Crippen molar-refractivity contribution in [2.24, 2.45) is 5.92 Å². The van der Waals surface area contributed by atoms with Crippen molar-refractivity contribution < 1.29 is 17.9 Å². The van der Waals surface area contributed by atoms with E-state index < -0.39 is 10.0 Å². The molecule has 0 N–H and O–H groups in total. The summed E-state index contributed by atoms with van der Waals surface area (Å²) < 4.78 is 35.5. The summed E-state index contributed by atoms with van der Waals surface area (Å²) in [5.41, 5.74) is 3.06. The second-order valence-corrected chi connectivity index (χ2v) is 10.2. The highest BCUT2D eigenvalue weighted by molar-refractivity contribution is 7.89. The standard InChI is InChI=1S/C22H30N4O4S/c1-16-4-6-20(7-5-16)26-18(3)21(17(2)23-26)31(28,29)25-10-8-19(9-11-25)22(27)24-12-14-30-15-13-24/h4-7,19H,8-15H2,1-3H3. The van der Waals surface area contributed by atoms with Crippen LogP contribution in [0.3, 0.4) is 0 Å². The molecule has 2 saturated heterocycles. The number of rotatable bonds is 4. The quantitative estimate of drug-likeness (QED) is 0.718. The lowest BCUT2D eigenvalue weighted by atomic mass is 9.96. The molecule has 9 heteroatoms. The average Bonchev–Trinajstić information content (AvgIpc) is 3.09. The largest absolute Gasteiger partial charge is 0.378 e. The minimum atomic E-state index is -3.69. The molecule has 31 heavy (non-hydrogen) atoms. The average molecular weight is 447 g/mol. The van der Waals surface area contributed by atoms with E-state index in [1.807, 2.05) is 36.1 Å². The maximum absolute atomic E-state index is 13.5. The van der Waals surface area contributed by atoms with Gasteiger partial charge in [0.1, 0.15) is 4.90 Å². The fourth-order valence-electron chi connectivity index (χ4n) is 4.45. The van der Waals surface area contributed by atoms with E-state index in [0.717, 1.165) is 11.3 Å². The number of hydrogen-bond acceptors (Lipinski definition) is 5. The van der Waals surface area contributed by atoms with E-state index in [2.05, 4.69) is 5.10 Å². The summed E-state index contributed by atoms with van der Waals surface area (Å²) in [6.45, 7) is 8.61. The summed E-state index contributed by atoms with van der Waals surface area (Å²) in [6, 6.07) is 7.84. The number of benzene rings is 1. The van der Waals surface area contributed by atoms with Crippen LogP contribution in [0.25, 0.3) is 5.69 Å². The molecular weight excluding hydrogens is 416 g/mol. The Morgan fingerprint density at radius 3 is 2.23 bits per heavy atom. The van der Waals surface area contributed by atoms with Crippen LogP contribution < -0.4 is 0 Å². The Balaban J connectivity index is 1.50. The first kappa shape index (κ1) is 22.0. The molecular formula is C22H30N4O4S. The van der Waals surface area contributed by atoms with Crippen molar-refractivity contribution in [2.75, 3.05) is 39.4 Å². The maximum atomic E-state index is 13.5. The Morgan fingerprint density at radius 2 is 1.61 bits per heavy atom. The van der Waals surface area contributed by atoms with E-state index in [4.69, 9.17) is 4.74 Å². The molecule has 4 rings (SSSR count). The fourth-order valence-corrected chi connectivity index (χ4v) is 6.28. The topological polar surface area (TPSA) is 84.7 Å². The third kappa shape index (κ3) is 4.26. The Hall–Kier alpha value is -2.23. The van der Waals surface area contributed by atoms with Gasteiger partial charge in [0, 0.05) is 32.1 Å². The van der Waals surface area contributed by atoms with Crippen LogP contribution >= 0.6 is 0 Å². The van der Waals surface area contributed by atoms with E-state index >= 15 is 0 Å². The lowest BCUT2D eigenvalue weighted by Crippen LogP contribution is -2.47. The Labute approximate surface area is 183 Å². The summed E-state index contributed by atoms with van der Waals surface area (Å²) in [6.07, 6.45) is 1.08. The predicted octanol–water partition coefficient (Wildman–Crippen LogP) is 2.06. The molecule has 1 amide bonds. The molecule has 0 spiro atoms. The lowest BCUT2D eigenvalue weighted by Gasteiger charge is -2.35. The molecule has 2 aliphatic rings. The molecule has 0 bridgehead atoms. The van der Waals surface area contributed by atoms with Crippen LogP contribution in [0.15, 0.2) is 29.2 Å². The van der Waals surface area contributed by atoms with Crippen molar-refractivity contribution in [3.8, 4) is 5.69 Å². The first-order valence-electron chi connectivity index (χ1n) is 10.8. The van der Waals surface area contributed by atoms with Gasteiger partial charge in [-0.1, -0.05) is 17.7 Å². The maximum Gasteiger partial charge on any atom is 0.246 e. The van der Waals surface area contributed by atoms with E-state index in [9.17, 15) is 13.2 Å². The van der Waals surface area contributed by atoms with E-state index in [1.54, 1.807) is 18.5 Å². The lowest BCUT2D eigenvalue weighted by molar-refractivity contribution is -0.140. The highest BCUT2D eigenvalue weighted by atomic mass is 32.2. The second-order valence-electron chi connectivity index (χ2n) is 8.36. The minimum Gasteiger partial charge on any atom is -0.378 e. The van der Waals surface area contributed by atoms with Crippen LogP contribution in [-0.4, -0.2) is 72.7 Å². The molecule has 1 aromatic carbocycles. The van der Waals surface area contributed by atoms with Crippen LogP contribution in [0.4, 0.5) is 0 Å². The van der Waals surface area contributed by atoms with E-state index in [-0.39, 0.29) is 16.7 Å². The fraction of sp³-hybridized carbons (Fsp3) is 0.545. The number of hydrogen-bond donors (Lipinski definition) is 0. The van der Waals surface area contributed by atoms with Gasteiger partial charge >= 0.3 is 0 Å². The number of carbonyl (C=O) groups excluding carboxylic acids is 1. The molecule has 2 aromatic rings. The molecule has 0 radical (unpaired) electrons. The summed E-state index contributed by atoms with van der Waals surface area (Å²) in [5, 5.41) is 4.51. The second kappa shape index (κ2) is 8.72. The van der Waals surface area contributed by atoms with Crippen LogP contribution in [0.1, 0.15) is 29.8 Å². The third-order valence-corrected chi connectivity index (χ3v) is 8.38. The zero-order valence-electron chi connectivity index (χ0n) is 18.4. The van der Waals surface area contributed by atoms with Gasteiger partial charge in [0.05, 0.1) is 30.3 Å². The number of aryl methyl sites for hydroxylation is 2. The Bertz CT molecular complexity index is 1050. The van der Waals surface area contributed by atoms with Gasteiger partial charge in [0.15, 0.2) is 0 Å². The molecule has 0 unspecified atom stereocenters. The first-order chi connectivity index (χ1) is 14.8.